The van der Waals surface area contributed by atoms with Gasteiger partial charge in [0.2, 0.25) is 11.8 Å². The van der Waals surface area contributed by atoms with Crippen LogP contribution in [0.1, 0.15) is 48.0 Å². The van der Waals surface area contributed by atoms with Crippen molar-refractivity contribution in [3.05, 3.63) is 82.5 Å². The van der Waals surface area contributed by atoms with Crippen LogP contribution >= 0.6 is 11.3 Å². The van der Waals surface area contributed by atoms with E-state index < -0.39 is 5.91 Å². The summed E-state index contributed by atoms with van der Waals surface area (Å²) in [6.45, 7) is 6.93. The predicted molar refractivity (Wildman–Crippen MR) is 129 cm³/mol. The van der Waals surface area contributed by atoms with E-state index in [9.17, 15) is 9.59 Å². The summed E-state index contributed by atoms with van der Waals surface area (Å²) in [7, 11) is 0. The van der Waals surface area contributed by atoms with Crippen molar-refractivity contribution < 1.29 is 9.59 Å². The summed E-state index contributed by atoms with van der Waals surface area (Å²) < 4.78 is 2.10. The Hall–Kier alpha value is -3.45. The summed E-state index contributed by atoms with van der Waals surface area (Å²) >= 11 is 1.42. The Kier molecular flexibility index (Phi) is 5.84. The largest absolute Gasteiger partial charge is 0.366 e. The smallest absolute Gasteiger partial charge is 0.248 e. The molecule has 0 aliphatic carbocycles. The lowest BCUT2D eigenvalue weighted by molar-refractivity contribution is -0.115. The minimum Gasteiger partial charge on any atom is -0.366 e. The minimum absolute atomic E-state index is 0.0739. The number of amides is 2. The molecule has 0 radical (unpaired) electrons. The zero-order valence-corrected chi connectivity index (χ0v) is 19.2. The molecule has 4 rings (SSSR count). The lowest BCUT2D eigenvalue weighted by Gasteiger charge is -2.14. The van der Waals surface area contributed by atoms with Gasteiger partial charge >= 0.3 is 0 Å². The molecular formula is C25H26N4O2S. The second-order valence-corrected chi connectivity index (χ2v) is 9.73. The average Bonchev–Trinajstić information content (AvgIpc) is 3.34. The van der Waals surface area contributed by atoms with Gasteiger partial charge in [-0.15, -0.1) is 11.3 Å². The zero-order valence-electron chi connectivity index (χ0n) is 18.4. The van der Waals surface area contributed by atoms with Crippen molar-refractivity contribution in [2.75, 3.05) is 5.32 Å². The fourth-order valence-corrected chi connectivity index (χ4v) is 4.54. The van der Waals surface area contributed by atoms with Crippen molar-refractivity contribution >= 4 is 39.2 Å². The van der Waals surface area contributed by atoms with Crippen LogP contribution in [-0.2, 0) is 23.2 Å². The fraction of sp³-hybridized carbons (Fsp3) is 0.240. The molecule has 0 saturated carbocycles. The SMILES string of the molecule is CC(C)(C)c1csc(NC(=O)Cc2cn(Cc3ccccc3)c3ccc(C(N)=O)cc23)n1. The van der Waals surface area contributed by atoms with E-state index in [2.05, 4.69) is 47.8 Å². The molecule has 3 N–H and O–H groups in total. The minimum atomic E-state index is -0.490. The second-order valence-electron chi connectivity index (χ2n) is 8.88. The van der Waals surface area contributed by atoms with Gasteiger partial charge in [-0.25, -0.2) is 4.98 Å². The molecule has 2 heterocycles. The molecular weight excluding hydrogens is 420 g/mol. The van der Waals surface area contributed by atoms with Crippen LogP contribution in [0.5, 0.6) is 0 Å². The Balaban J connectivity index is 1.63. The third kappa shape index (κ3) is 4.73. The fourth-order valence-electron chi connectivity index (χ4n) is 3.59. The Bertz CT molecular complexity index is 1280. The number of nitrogens with one attached hydrogen (secondary N) is 1. The molecule has 2 aromatic heterocycles. The molecule has 0 spiro atoms. The third-order valence-electron chi connectivity index (χ3n) is 5.31. The number of benzene rings is 2. The van der Waals surface area contributed by atoms with E-state index in [-0.39, 0.29) is 17.7 Å². The molecule has 0 unspecified atom stereocenters. The van der Waals surface area contributed by atoms with E-state index in [1.807, 2.05) is 35.8 Å². The van der Waals surface area contributed by atoms with Gasteiger partial charge in [-0.3, -0.25) is 9.59 Å². The van der Waals surface area contributed by atoms with Gasteiger partial charge in [0.1, 0.15) is 0 Å². The first-order valence-electron chi connectivity index (χ1n) is 10.4. The maximum atomic E-state index is 12.8. The monoisotopic (exact) mass is 446 g/mol. The molecule has 0 aliphatic heterocycles. The van der Waals surface area contributed by atoms with Crippen molar-refractivity contribution in [1.82, 2.24) is 9.55 Å². The van der Waals surface area contributed by atoms with Crippen LogP contribution in [0.15, 0.2) is 60.1 Å². The van der Waals surface area contributed by atoms with Crippen molar-refractivity contribution in [2.24, 2.45) is 5.73 Å². The molecule has 7 heteroatoms. The molecule has 0 fully saturated rings. The summed E-state index contributed by atoms with van der Waals surface area (Å²) in [6, 6.07) is 15.5. The number of primary amides is 1. The number of hydrogen-bond acceptors (Lipinski definition) is 4. The van der Waals surface area contributed by atoms with Gasteiger partial charge < -0.3 is 15.6 Å². The van der Waals surface area contributed by atoms with Crippen molar-refractivity contribution in [3.8, 4) is 0 Å². The number of aromatic nitrogens is 2. The topological polar surface area (TPSA) is 90.0 Å². The van der Waals surface area contributed by atoms with E-state index in [4.69, 9.17) is 5.73 Å². The van der Waals surface area contributed by atoms with Gasteiger partial charge in [-0.1, -0.05) is 51.1 Å². The van der Waals surface area contributed by atoms with Crippen LogP contribution in [0, 0.1) is 0 Å². The van der Waals surface area contributed by atoms with E-state index >= 15 is 0 Å². The molecule has 0 saturated heterocycles. The van der Waals surface area contributed by atoms with Crippen molar-refractivity contribution in [1.29, 1.82) is 0 Å². The van der Waals surface area contributed by atoms with Gasteiger partial charge in [0.25, 0.3) is 0 Å². The van der Waals surface area contributed by atoms with Crippen LogP contribution in [0.2, 0.25) is 0 Å². The van der Waals surface area contributed by atoms with E-state index in [1.165, 1.54) is 11.3 Å². The van der Waals surface area contributed by atoms with E-state index in [1.54, 1.807) is 12.1 Å². The summed E-state index contributed by atoms with van der Waals surface area (Å²) in [5.41, 5.74) is 9.73. The molecule has 4 aromatic rings. The first-order valence-corrected chi connectivity index (χ1v) is 11.3. The molecule has 0 aliphatic rings. The van der Waals surface area contributed by atoms with Crippen LogP contribution in [0.3, 0.4) is 0 Å². The quantitative estimate of drug-likeness (QED) is 0.449. The highest BCUT2D eigenvalue weighted by molar-refractivity contribution is 7.13. The zero-order chi connectivity index (χ0) is 22.9. The summed E-state index contributed by atoms with van der Waals surface area (Å²) in [5, 5.41) is 6.32. The third-order valence-corrected chi connectivity index (χ3v) is 6.07. The molecule has 0 atom stereocenters. The number of anilines is 1. The summed E-state index contributed by atoms with van der Waals surface area (Å²) in [6.07, 6.45) is 2.15. The maximum absolute atomic E-state index is 12.8. The molecule has 2 amide bonds. The molecule has 32 heavy (non-hydrogen) atoms. The maximum Gasteiger partial charge on any atom is 0.248 e. The van der Waals surface area contributed by atoms with Crippen molar-refractivity contribution in [2.45, 2.75) is 39.2 Å². The molecule has 0 bridgehead atoms. The number of nitrogens with two attached hydrogens (primary N) is 1. The van der Waals surface area contributed by atoms with Gasteiger partial charge in [-0.05, 0) is 29.3 Å². The number of nitrogens with zero attached hydrogens (tertiary/aromatic N) is 2. The number of carbonyl (C=O) groups is 2. The van der Waals surface area contributed by atoms with Crippen LogP contribution < -0.4 is 11.1 Å². The first-order chi connectivity index (χ1) is 15.2. The first kappa shape index (κ1) is 21.8. The number of thiazole rings is 1. The van der Waals surface area contributed by atoms with Gasteiger partial charge in [-0.2, -0.15) is 0 Å². The molecule has 2 aromatic carbocycles. The second kappa shape index (κ2) is 8.59. The van der Waals surface area contributed by atoms with Crippen LogP contribution in [-0.4, -0.2) is 21.4 Å². The van der Waals surface area contributed by atoms with Crippen molar-refractivity contribution in [3.63, 3.8) is 0 Å². The molecule has 164 valence electrons. The highest BCUT2D eigenvalue weighted by atomic mass is 32.1. The summed E-state index contributed by atoms with van der Waals surface area (Å²) in [4.78, 5) is 29.1. The molecule has 6 nitrogen and oxygen atoms in total. The average molecular weight is 447 g/mol. The number of hydrogen-bond donors (Lipinski definition) is 2. The van der Waals surface area contributed by atoms with Crippen LogP contribution in [0.25, 0.3) is 10.9 Å². The lowest BCUT2D eigenvalue weighted by atomic mass is 9.93. The van der Waals surface area contributed by atoms with Gasteiger partial charge in [0.15, 0.2) is 5.13 Å². The number of carbonyl (C=O) groups excluding carboxylic acids is 2. The normalized spacial score (nSPS) is 11.6. The van der Waals surface area contributed by atoms with Gasteiger partial charge in [0.05, 0.1) is 12.1 Å². The number of fused-ring (bicyclic) bond motifs is 1. The standard InChI is InChI=1S/C25H26N4O2S/c1-25(2,3)21-15-32-24(27-21)28-22(30)12-18-14-29(13-16-7-5-4-6-8-16)20-10-9-17(23(26)31)11-19(18)20/h4-11,14-15H,12-13H2,1-3H3,(H2,26,31)(H,27,28,30). The number of rotatable bonds is 6. The lowest BCUT2D eigenvalue weighted by Crippen LogP contribution is -2.16. The summed E-state index contributed by atoms with van der Waals surface area (Å²) in [5.74, 6) is -0.640. The van der Waals surface area contributed by atoms with E-state index in [0.29, 0.717) is 17.2 Å². The predicted octanol–water partition coefficient (Wildman–Crippen LogP) is 4.72. The Labute approximate surface area is 191 Å². The Morgan fingerprint density at radius 2 is 1.88 bits per heavy atom. The Morgan fingerprint density at radius 3 is 2.53 bits per heavy atom. The van der Waals surface area contributed by atoms with E-state index in [0.717, 1.165) is 27.7 Å². The highest BCUT2D eigenvalue weighted by Gasteiger charge is 2.19. The van der Waals surface area contributed by atoms with Crippen LogP contribution in [0.4, 0.5) is 5.13 Å². The highest BCUT2D eigenvalue weighted by Crippen LogP contribution is 2.28. The van der Waals surface area contributed by atoms with Gasteiger partial charge in [0, 0.05) is 40.0 Å². The Morgan fingerprint density at radius 1 is 1.12 bits per heavy atom.